The highest BCUT2D eigenvalue weighted by atomic mass is 16.7. The van der Waals surface area contributed by atoms with Crippen LogP contribution in [0.2, 0.25) is 0 Å². The van der Waals surface area contributed by atoms with E-state index in [1.165, 1.54) is 25.7 Å². The lowest BCUT2D eigenvalue weighted by Crippen LogP contribution is -2.12. The lowest BCUT2D eigenvalue weighted by molar-refractivity contribution is -0.107. The van der Waals surface area contributed by atoms with Gasteiger partial charge in [-0.15, -0.1) is 0 Å². The SMILES string of the molecule is CCCCCCC(OC)OC. The summed E-state index contributed by atoms with van der Waals surface area (Å²) in [5.74, 6) is 0. The molecule has 68 valence electrons. The van der Waals surface area contributed by atoms with Crippen LogP contribution in [0.1, 0.15) is 39.0 Å². The minimum Gasteiger partial charge on any atom is -0.356 e. The number of unbranched alkanes of at least 4 members (excludes halogenated alkanes) is 3. The molecule has 2 heteroatoms. The van der Waals surface area contributed by atoms with E-state index in [0.717, 1.165) is 6.42 Å². The molecule has 0 radical (unpaired) electrons. The quantitative estimate of drug-likeness (QED) is 0.421. The van der Waals surface area contributed by atoms with Crippen LogP contribution in [0.25, 0.3) is 0 Å². The summed E-state index contributed by atoms with van der Waals surface area (Å²) in [5, 5.41) is 0. The molecule has 0 heterocycles. The Balaban J connectivity index is 3.07. The van der Waals surface area contributed by atoms with E-state index in [9.17, 15) is 0 Å². The summed E-state index contributed by atoms with van der Waals surface area (Å²) < 4.78 is 10.1. The van der Waals surface area contributed by atoms with Gasteiger partial charge in [-0.25, -0.2) is 0 Å². The predicted octanol–water partition coefficient (Wildman–Crippen LogP) is 2.58. The van der Waals surface area contributed by atoms with Gasteiger partial charge in [0, 0.05) is 14.2 Å². The molecule has 0 atom stereocenters. The van der Waals surface area contributed by atoms with Crippen LogP contribution < -0.4 is 0 Å². The molecule has 0 spiro atoms. The molecule has 0 fully saturated rings. The largest absolute Gasteiger partial charge is 0.356 e. The zero-order chi connectivity index (χ0) is 8.53. The first-order valence-electron chi connectivity index (χ1n) is 4.40. The molecular weight excluding hydrogens is 140 g/mol. The van der Waals surface area contributed by atoms with E-state index in [4.69, 9.17) is 9.47 Å². The number of ether oxygens (including phenoxy) is 2. The van der Waals surface area contributed by atoms with Gasteiger partial charge in [-0.3, -0.25) is 0 Å². The van der Waals surface area contributed by atoms with Gasteiger partial charge in [-0.05, 0) is 12.8 Å². The Hall–Kier alpha value is -0.0800. The zero-order valence-corrected chi connectivity index (χ0v) is 7.93. The van der Waals surface area contributed by atoms with Crippen LogP contribution in [0.3, 0.4) is 0 Å². The van der Waals surface area contributed by atoms with E-state index >= 15 is 0 Å². The molecule has 0 rings (SSSR count). The first kappa shape index (κ1) is 10.9. The summed E-state index contributed by atoms with van der Waals surface area (Å²) >= 11 is 0. The van der Waals surface area contributed by atoms with Crippen LogP contribution in [-0.2, 0) is 9.47 Å². The van der Waals surface area contributed by atoms with Gasteiger partial charge in [0.2, 0.25) is 0 Å². The van der Waals surface area contributed by atoms with Crippen molar-refractivity contribution in [3.63, 3.8) is 0 Å². The first-order chi connectivity index (χ1) is 5.35. The van der Waals surface area contributed by atoms with Gasteiger partial charge in [0.15, 0.2) is 6.29 Å². The second-order valence-electron chi connectivity index (χ2n) is 2.75. The maximum atomic E-state index is 5.06. The van der Waals surface area contributed by atoms with Gasteiger partial charge in [0.05, 0.1) is 0 Å². The van der Waals surface area contributed by atoms with Gasteiger partial charge in [0.1, 0.15) is 0 Å². The third-order valence-electron chi connectivity index (χ3n) is 1.82. The number of hydrogen-bond acceptors (Lipinski definition) is 2. The van der Waals surface area contributed by atoms with Gasteiger partial charge in [-0.2, -0.15) is 0 Å². The van der Waals surface area contributed by atoms with Crippen molar-refractivity contribution in [1.82, 2.24) is 0 Å². The summed E-state index contributed by atoms with van der Waals surface area (Å²) in [4.78, 5) is 0. The van der Waals surface area contributed by atoms with Crippen molar-refractivity contribution in [1.29, 1.82) is 0 Å². The molecular formula is C9H20O2. The Labute approximate surface area is 69.9 Å². The highest BCUT2D eigenvalue weighted by molar-refractivity contribution is 4.45. The summed E-state index contributed by atoms with van der Waals surface area (Å²) in [6, 6.07) is 0. The van der Waals surface area contributed by atoms with Crippen molar-refractivity contribution in [3.8, 4) is 0 Å². The van der Waals surface area contributed by atoms with Gasteiger partial charge < -0.3 is 9.47 Å². The smallest absolute Gasteiger partial charge is 0.156 e. The fourth-order valence-corrected chi connectivity index (χ4v) is 1.07. The van der Waals surface area contributed by atoms with Crippen molar-refractivity contribution in [2.45, 2.75) is 45.3 Å². The second kappa shape index (κ2) is 8.02. The average molecular weight is 160 g/mol. The molecule has 11 heavy (non-hydrogen) atoms. The first-order valence-corrected chi connectivity index (χ1v) is 4.40. The Bertz CT molecular complexity index is 70.0. The summed E-state index contributed by atoms with van der Waals surface area (Å²) in [7, 11) is 3.38. The van der Waals surface area contributed by atoms with E-state index in [1.54, 1.807) is 14.2 Å². The third-order valence-corrected chi connectivity index (χ3v) is 1.82. The molecule has 0 saturated carbocycles. The van der Waals surface area contributed by atoms with E-state index in [2.05, 4.69) is 6.92 Å². The number of hydrogen-bond donors (Lipinski definition) is 0. The molecule has 0 aliphatic heterocycles. The van der Waals surface area contributed by atoms with Crippen LogP contribution in [0.5, 0.6) is 0 Å². The monoisotopic (exact) mass is 160 g/mol. The van der Waals surface area contributed by atoms with Crippen LogP contribution in [0, 0.1) is 0 Å². The van der Waals surface area contributed by atoms with Gasteiger partial charge in [-0.1, -0.05) is 26.2 Å². The Morgan fingerprint density at radius 3 is 2.09 bits per heavy atom. The van der Waals surface area contributed by atoms with Crippen LogP contribution in [-0.4, -0.2) is 20.5 Å². The molecule has 2 nitrogen and oxygen atoms in total. The minimum atomic E-state index is 0.00635. The van der Waals surface area contributed by atoms with Crippen LogP contribution in [0.4, 0.5) is 0 Å². The zero-order valence-electron chi connectivity index (χ0n) is 7.93. The summed E-state index contributed by atoms with van der Waals surface area (Å²) in [5.41, 5.74) is 0. The van der Waals surface area contributed by atoms with Crippen molar-refractivity contribution in [3.05, 3.63) is 0 Å². The van der Waals surface area contributed by atoms with Crippen molar-refractivity contribution in [2.24, 2.45) is 0 Å². The molecule has 0 aliphatic rings. The van der Waals surface area contributed by atoms with E-state index in [-0.39, 0.29) is 6.29 Å². The Morgan fingerprint density at radius 2 is 1.64 bits per heavy atom. The molecule has 0 amide bonds. The fraction of sp³-hybridized carbons (Fsp3) is 1.00. The van der Waals surface area contributed by atoms with Crippen LogP contribution in [0.15, 0.2) is 0 Å². The molecule has 0 aromatic heterocycles. The Kier molecular flexibility index (Phi) is 7.96. The van der Waals surface area contributed by atoms with Crippen molar-refractivity contribution < 1.29 is 9.47 Å². The predicted molar refractivity (Wildman–Crippen MR) is 46.6 cm³/mol. The Morgan fingerprint density at radius 1 is 1.00 bits per heavy atom. The fourth-order valence-electron chi connectivity index (χ4n) is 1.07. The number of rotatable bonds is 7. The standard InChI is InChI=1S/C9H20O2/c1-4-5-6-7-8-9(10-2)11-3/h9H,4-8H2,1-3H3. The highest BCUT2D eigenvalue weighted by Gasteiger charge is 2.02. The third kappa shape index (κ3) is 6.32. The molecule has 0 N–H and O–H groups in total. The molecule has 0 aromatic carbocycles. The van der Waals surface area contributed by atoms with Crippen molar-refractivity contribution in [2.75, 3.05) is 14.2 Å². The second-order valence-corrected chi connectivity index (χ2v) is 2.75. The number of methoxy groups -OCH3 is 2. The summed E-state index contributed by atoms with van der Waals surface area (Å²) in [6.07, 6.45) is 6.13. The van der Waals surface area contributed by atoms with E-state index in [1.807, 2.05) is 0 Å². The molecule has 0 unspecified atom stereocenters. The average Bonchev–Trinajstić information content (AvgIpc) is 2.05. The van der Waals surface area contributed by atoms with E-state index in [0.29, 0.717) is 0 Å². The molecule has 0 bridgehead atoms. The van der Waals surface area contributed by atoms with Crippen LogP contribution >= 0.6 is 0 Å². The van der Waals surface area contributed by atoms with Gasteiger partial charge >= 0.3 is 0 Å². The highest BCUT2D eigenvalue weighted by Crippen LogP contribution is 2.07. The minimum absolute atomic E-state index is 0.00635. The van der Waals surface area contributed by atoms with Gasteiger partial charge in [0.25, 0.3) is 0 Å². The maximum Gasteiger partial charge on any atom is 0.156 e. The molecule has 0 aromatic rings. The molecule has 0 saturated heterocycles. The maximum absolute atomic E-state index is 5.06. The molecule has 0 aliphatic carbocycles. The van der Waals surface area contributed by atoms with E-state index < -0.39 is 0 Å². The lowest BCUT2D eigenvalue weighted by Gasteiger charge is -2.12. The summed E-state index contributed by atoms with van der Waals surface area (Å²) in [6.45, 7) is 2.21. The topological polar surface area (TPSA) is 18.5 Å². The normalized spacial score (nSPS) is 10.9. The van der Waals surface area contributed by atoms with Crippen molar-refractivity contribution >= 4 is 0 Å². The lowest BCUT2D eigenvalue weighted by atomic mass is 10.1.